The SMILES string of the molecule is FC(F)(F)c1cc(C(F)(F)F)[n-]n1.FC(F)(F)c1cc(C(F)(F)F)[n-]n1.FC(F)(F)c1cc(C(F)(F)F)[n-]n1.FC(F)(F)c1cc(C(F)(F)F)[n-]n1.FC(F)(F)c1cc(C(F)(F)F)[n-]n1.FC(F)(F)c1cc(C(F)(F)F)[n-]n1.[Ag+].[Ag+].[Ag+].[Ag+].[Ag+].[Ag+].c1ccc2c(c1)nnc1ccccc12.c1ccc2c(c1)nnc1ccccc12. The van der Waals surface area contributed by atoms with Gasteiger partial charge in [-0.3, -0.25) is 0 Å². The van der Waals surface area contributed by atoms with Crippen molar-refractivity contribution in [3.8, 4) is 0 Å². The molecule has 0 unspecified atom stereocenters. The van der Waals surface area contributed by atoms with Crippen LogP contribution in [0, 0.1) is 0 Å². The van der Waals surface area contributed by atoms with Crippen LogP contribution in [0.3, 0.4) is 0 Å². The van der Waals surface area contributed by atoms with E-state index in [1.807, 2.05) is 72.8 Å². The molecule has 0 radical (unpaired) electrons. The molecule has 0 aliphatic heterocycles. The zero-order chi connectivity index (χ0) is 80.4. The molecule has 0 fully saturated rings. The van der Waals surface area contributed by atoms with Gasteiger partial charge in [0.2, 0.25) is 0 Å². The summed E-state index contributed by atoms with van der Waals surface area (Å²) in [7, 11) is 0. The summed E-state index contributed by atoms with van der Waals surface area (Å²) in [6.45, 7) is 0. The van der Waals surface area contributed by atoms with E-state index in [1.165, 1.54) is 0 Å². The van der Waals surface area contributed by atoms with Crippen molar-refractivity contribution in [2.75, 3.05) is 0 Å². The van der Waals surface area contributed by atoms with Gasteiger partial charge in [0.15, 0.2) is 0 Å². The van der Waals surface area contributed by atoms with E-state index >= 15 is 0 Å². The summed E-state index contributed by atoms with van der Waals surface area (Å²) >= 11 is 0. The summed E-state index contributed by atoms with van der Waals surface area (Å²) in [5, 5.41) is 49.6. The number of rotatable bonds is 0. The first kappa shape index (κ1) is 107. The molecule has 0 bridgehead atoms. The molecule has 112 heavy (non-hydrogen) atoms. The van der Waals surface area contributed by atoms with Crippen molar-refractivity contribution in [1.82, 2.24) is 81.6 Å². The first-order chi connectivity index (χ1) is 48.2. The van der Waals surface area contributed by atoms with Crippen LogP contribution in [-0.4, -0.2) is 51.0 Å². The monoisotopic (exact) mass is 2220 g/mol. The van der Waals surface area contributed by atoms with E-state index in [9.17, 15) is 158 Å². The third-order valence-corrected chi connectivity index (χ3v) is 11.4. The van der Waals surface area contributed by atoms with Gasteiger partial charge >= 0.3 is 208 Å². The fraction of sp³-hybridized carbons (Fsp3) is 0.222. The number of aromatic nitrogens is 16. The van der Waals surface area contributed by atoms with Crippen LogP contribution in [0.15, 0.2) is 133 Å². The van der Waals surface area contributed by atoms with Gasteiger partial charge < -0.3 is 61.2 Å². The van der Waals surface area contributed by atoms with Gasteiger partial charge in [0.05, 0.1) is 22.1 Å². The quantitative estimate of drug-likeness (QED) is 0.0784. The van der Waals surface area contributed by atoms with E-state index < -0.39 is 142 Å². The molecular weight excluding hydrogens is 2200 g/mol. The molecule has 12 rings (SSSR count). The van der Waals surface area contributed by atoms with E-state index in [1.54, 1.807) is 0 Å². The Balaban J connectivity index is 0. The van der Waals surface area contributed by atoms with E-state index in [-0.39, 0.29) is 171 Å². The Kier molecular flexibility index (Phi) is 40.0. The molecule has 0 aliphatic rings. The Morgan fingerprint density at radius 1 is 0.170 bits per heavy atom. The van der Waals surface area contributed by atoms with Crippen LogP contribution in [0.25, 0.3) is 43.6 Å². The summed E-state index contributed by atoms with van der Waals surface area (Å²) in [4.78, 5) is 0. The molecule has 0 aliphatic carbocycles. The van der Waals surface area contributed by atoms with Crippen LogP contribution in [0.2, 0.25) is 0 Å². The van der Waals surface area contributed by atoms with Crippen molar-refractivity contribution >= 4 is 43.6 Å². The predicted molar refractivity (Wildman–Crippen MR) is 279 cm³/mol. The van der Waals surface area contributed by atoms with E-state index in [2.05, 4.69) is 106 Å². The molecule has 0 N–H and O–H groups in total. The van der Waals surface area contributed by atoms with Gasteiger partial charge in [0, 0.05) is 21.5 Å². The first-order valence-corrected chi connectivity index (χ1v) is 26.3. The predicted octanol–water partition coefficient (Wildman–Crippen LogP) is 18.0. The Morgan fingerprint density at radius 2 is 0.286 bits per heavy atom. The molecule has 12 aromatic rings. The van der Waals surface area contributed by atoms with Crippen molar-refractivity contribution in [1.29, 1.82) is 0 Å². The smallest absolute Gasteiger partial charge is 0.571 e. The number of halogens is 36. The minimum atomic E-state index is -4.89. The molecule has 0 atom stereocenters. The van der Waals surface area contributed by atoms with Gasteiger partial charge in [-0.2, -0.15) is 158 Å². The molecular formula is C54H22Ag6F36N16. The Morgan fingerprint density at radius 3 is 0.375 bits per heavy atom. The summed E-state index contributed by atoms with van der Waals surface area (Å²) in [6, 6.07) is 31.4. The van der Waals surface area contributed by atoms with Crippen molar-refractivity contribution in [2.45, 2.75) is 74.1 Å². The fourth-order valence-electron chi connectivity index (χ4n) is 6.80. The number of fused-ring (bicyclic) bond motifs is 6. The minimum Gasteiger partial charge on any atom is -0.571 e. The molecule has 8 aromatic heterocycles. The maximum Gasteiger partial charge on any atom is 1.00 e. The molecule has 8 heterocycles. The Bertz CT molecular complexity index is 3910. The zero-order valence-corrected chi connectivity index (χ0v) is 60.2. The largest absolute Gasteiger partial charge is 1.00 e. The number of alkyl halides is 36. The zero-order valence-electron chi connectivity index (χ0n) is 51.3. The number of nitrogens with zero attached hydrogens (tertiary/aromatic N) is 16. The fourth-order valence-corrected chi connectivity index (χ4v) is 6.80. The number of hydrogen-bond donors (Lipinski definition) is 0. The first-order valence-electron chi connectivity index (χ1n) is 26.3. The second-order valence-electron chi connectivity index (χ2n) is 19.1. The van der Waals surface area contributed by atoms with Crippen LogP contribution in [0.4, 0.5) is 158 Å². The maximum atomic E-state index is 11.7. The van der Waals surface area contributed by atoms with Crippen LogP contribution >= 0.6 is 0 Å². The standard InChI is InChI=1S/2C12H8N2.6C5HF6N2.6Ag/c2*1-3-7-11-9(5-1)10-6-2-4-8-12(10)14-13-11;6*6-4(7,8)2-1-3(13-12-2)5(9,10)11;;;;;;/h2*1-8H;6*1H;;;;;;/q;;6*-1;6*+1. The Hall–Kier alpha value is -6.74. The van der Waals surface area contributed by atoms with Gasteiger partial charge in [0.1, 0.15) is 34.2 Å². The van der Waals surface area contributed by atoms with E-state index in [4.69, 9.17) is 0 Å². The maximum absolute atomic E-state index is 11.7. The number of hydrogen-bond acceptors (Lipinski definition) is 10. The molecule has 16 nitrogen and oxygen atoms in total. The van der Waals surface area contributed by atoms with Gasteiger partial charge in [0.25, 0.3) is 0 Å². The molecule has 0 amide bonds. The van der Waals surface area contributed by atoms with Crippen molar-refractivity contribution < 1.29 is 292 Å². The average Bonchev–Trinajstić information content (AvgIpc) is 0.959. The molecule has 4 aromatic carbocycles. The van der Waals surface area contributed by atoms with Gasteiger partial charge in [-0.05, 0) is 94.8 Å². The molecule has 0 spiro atoms. The molecule has 0 saturated heterocycles. The topological polar surface area (TPSA) is 214 Å². The van der Waals surface area contributed by atoms with Crippen LogP contribution < -0.4 is 30.6 Å². The van der Waals surface area contributed by atoms with Crippen LogP contribution in [0.1, 0.15) is 68.3 Å². The average molecular weight is 2230 g/mol. The summed E-state index contributed by atoms with van der Waals surface area (Å²) in [5.41, 5.74) is -15.9. The minimum absolute atomic E-state index is 0. The summed E-state index contributed by atoms with van der Waals surface area (Å²) in [6.07, 6.45) is -58.7. The summed E-state index contributed by atoms with van der Waals surface area (Å²) < 4.78 is 422. The number of benzene rings is 4. The van der Waals surface area contributed by atoms with Gasteiger partial charge in [-0.15, -0.1) is 20.4 Å². The third-order valence-electron chi connectivity index (χ3n) is 11.4. The van der Waals surface area contributed by atoms with Crippen molar-refractivity contribution in [3.05, 3.63) is 202 Å². The summed E-state index contributed by atoms with van der Waals surface area (Å²) in [5.74, 6) is 0. The van der Waals surface area contributed by atoms with E-state index in [0.29, 0.717) is 0 Å². The van der Waals surface area contributed by atoms with Crippen LogP contribution in [-0.2, 0) is 208 Å². The third kappa shape index (κ3) is 32.9. The van der Waals surface area contributed by atoms with E-state index in [0.717, 1.165) is 43.6 Å². The second-order valence-corrected chi connectivity index (χ2v) is 19.1. The second kappa shape index (κ2) is 41.7. The van der Waals surface area contributed by atoms with Crippen molar-refractivity contribution in [3.63, 3.8) is 0 Å². The van der Waals surface area contributed by atoms with Crippen LogP contribution in [0.5, 0.6) is 0 Å². The van der Waals surface area contributed by atoms with Gasteiger partial charge in [-0.1, -0.05) is 72.8 Å². The molecule has 636 valence electrons. The van der Waals surface area contributed by atoms with Crippen molar-refractivity contribution in [2.24, 2.45) is 0 Å². The molecule has 58 heteroatoms. The van der Waals surface area contributed by atoms with Gasteiger partial charge in [-0.25, -0.2) is 0 Å². The Labute approximate surface area is 688 Å². The molecule has 0 saturated carbocycles. The normalized spacial score (nSPS) is 12.0.